The summed E-state index contributed by atoms with van der Waals surface area (Å²) in [5.41, 5.74) is 0. The smallest absolute Gasteiger partial charge is 0.435 e. The predicted octanol–water partition coefficient (Wildman–Crippen LogP) is -1.51. The Morgan fingerprint density at radius 2 is 1.88 bits per heavy atom. The van der Waals surface area contributed by atoms with E-state index in [1.807, 2.05) is 0 Å². The Bertz CT molecular complexity index is 102. The summed E-state index contributed by atoms with van der Waals surface area (Å²) >= 11 is 0. The normalized spacial score (nSPS) is 6.62. The average molecular weight is 153 g/mol. The first-order chi connectivity index (χ1) is 3.18. The summed E-state index contributed by atoms with van der Waals surface area (Å²) in [6, 6.07) is 0. The zero-order chi connectivity index (χ0) is 5.86. The Morgan fingerprint density at radius 3 is 1.88 bits per heavy atom. The third-order valence-electron chi connectivity index (χ3n) is 0.282. The van der Waals surface area contributed by atoms with Gasteiger partial charge in [-0.2, -0.15) is 5.90 Å². The standard InChI is InChI=1S/C2H3NO4.Ti/c3-7-2(6)1(4)5;/h3H2,(H,4,5);. The van der Waals surface area contributed by atoms with Gasteiger partial charge in [0.25, 0.3) is 0 Å². The number of carbonyl (C=O) groups excluding carboxylic acids is 1. The molecule has 0 aromatic heterocycles. The fourth-order valence-electron chi connectivity index (χ4n) is 0.0504. The van der Waals surface area contributed by atoms with Crippen molar-refractivity contribution in [2.75, 3.05) is 0 Å². The van der Waals surface area contributed by atoms with Crippen LogP contribution in [0.25, 0.3) is 0 Å². The molecule has 0 heterocycles. The summed E-state index contributed by atoms with van der Waals surface area (Å²) in [6.45, 7) is 0. The van der Waals surface area contributed by atoms with Gasteiger partial charge in [0.15, 0.2) is 0 Å². The molecule has 0 rings (SSSR count). The Balaban J connectivity index is 0. The van der Waals surface area contributed by atoms with Crippen LogP contribution in [0.1, 0.15) is 0 Å². The zero-order valence-corrected chi connectivity index (χ0v) is 5.31. The Kier molecular flexibility index (Phi) is 6.30. The van der Waals surface area contributed by atoms with Gasteiger partial charge < -0.3 is 9.94 Å². The molecule has 0 aliphatic heterocycles. The number of hydrogen-bond acceptors (Lipinski definition) is 4. The average Bonchev–Trinajstić information content (AvgIpc) is 1.65. The molecule has 0 radical (unpaired) electrons. The van der Waals surface area contributed by atoms with Gasteiger partial charge in [0.1, 0.15) is 0 Å². The van der Waals surface area contributed by atoms with Crippen molar-refractivity contribution in [2.45, 2.75) is 0 Å². The summed E-state index contributed by atoms with van der Waals surface area (Å²) in [5.74, 6) is 0.992. The molecule has 6 heteroatoms. The van der Waals surface area contributed by atoms with Crippen LogP contribution < -0.4 is 5.90 Å². The van der Waals surface area contributed by atoms with E-state index in [1.54, 1.807) is 0 Å². The number of carbonyl (C=O) groups is 2. The molecular formula is C2H3NO4Ti. The van der Waals surface area contributed by atoms with Gasteiger partial charge in [-0.25, -0.2) is 9.59 Å². The first kappa shape index (κ1) is 10.6. The molecule has 0 amide bonds. The Hall–Kier alpha value is -0.386. The molecule has 0 aliphatic carbocycles. The zero-order valence-electron chi connectivity index (χ0n) is 3.75. The van der Waals surface area contributed by atoms with Crippen LogP contribution in [0.5, 0.6) is 0 Å². The van der Waals surface area contributed by atoms with Gasteiger partial charge >= 0.3 is 11.9 Å². The van der Waals surface area contributed by atoms with Gasteiger partial charge in [-0.1, -0.05) is 0 Å². The quantitative estimate of drug-likeness (QED) is 0.250. The van der Waals surface area contributed by atoms with E-state index < -0.39 is 11.9 Å². The second-order valence-corrected chi connectivity index (χ2v) is 0.710. The minimum absolute atomic E-state index is 0. The van der Waals surface area contributed by atoms with E-state index in [2.05, 4.69) is 10.7 Å². The molecule has 0 spiro atoms. The van der Waals surface area contributed by atoms with E-state index in [0.29, 0.717) is 0 Å². The maximum absolute atomic E-state index is 9.56. The number of carboxylic acid groups (broad SMARTS) is 1. The molecule has 0 aliphatic rings. The molecule has 0 fully saturated rings. The van der Waals surface area contributed by atoms with Crippen molar-refractivity contribution >= 4 is 11.9 Å². The molecule has 0 saturated carbocycles. The number of hydrogen-bond donors (Lipinski definition) is 2. The van der Waals surface area contributed by atoms with Crippen molar-refractivity contribution in [2.24, 2.45) is 5.90 Å². The Morgan fingerprint density at radius 1 is 1.50 bits per heavy atom. The van der Waals surface area contributed by atoms with Crippen molar-refractivity contribution in [3.05, 3.63) is 0 Å². The van der Waals surface area contributed by atoms with Crippen LogP contribution in [0.15, 0.2) is 0 Å². The van der Waals surface area contributed by atoms with Crippen molar-refractivity contribution in [1.82, 2.24) is 0 Å². The number of nitrogens with two attached hydrogens (primary N) is 1. The van der Waals surface area contributed by atoms with Gasteiger partial charge in [0, 0.05) is 21.7 Å². The molecule has 44 valence electrons. The molecule has 0 bridgehead atoms. The van der Waals surface area contributed by atoms with Crippen molar-refractivity contribution in [3.8, 4) is 0 Å². The second-order valence-electron chi connectivity index (χ2n) is 0.710. The van der Waals surface area contributed by atoms with E-state index in [9.17, 15) is 9.59 Å². The number of aliphatic carboxylic acids is 1. The van der Waals surface area contributed by atoms with Gasteiger partial charge in [0.05, 0.1) is 0 Å². The maximum atomic E-state index is 9.56. The first-order valence-corrected chi connectivity index (χ1v) is 1.32. The van der Waals surface area contributed by atoms with Crippen LogP contribution in [-0.2, 0) is 36.1 Å². The van der Waals surface area contributed by atoms with E-state index in [1.165, 1.54) is 0 Å². The number of carboxylic acids is 1. The maximum Gasteiger partial charge on any atom is 0.435 e. The topological polar surface area (TPSA) is 89.6 Å². The molecule has 0 aromatic rings. The van der Waals surface area contributed by atoms with Crippen LogP contribution in [0, 0.1) is 0 Å². The molecule has 3 N–H and O–H groups in total. The van der Waals surface area contributed by atoms with Crippen LogP contribution in [0.3, 0.4) is 0 Å². The third kappa shape index (κ3) is 3.79. The van der Waals surface area contributed by atoms with Crippen LogP contribution in [0.4, 0.5) is 0 Å². The summed E-state index contributed by atoms with van der Waals surface area (Å²) in [7, 11) is 0. The molecule has 0 saturated heterocycles. The van der Waals surface area contributed by atoms with Crippen LogP contribution in [0.2, 0.25) is 0 Å². The van der Waals surface area contributed by atoms with Crippen molar-refractivity contribution < 1.29 is 41.3 Å². The van der Waals surface area contributed by atoms with Gasteiger partial charge in [-0.05, 0) is 0 Å². The molecule has 0 aromatic carbocycles. The number of rotatable bonds is 0. The minimum Gasteiger partial charge on any atom is -0.473 e. The SMILES string of the molecule is NOC(=O)C(=O)O.[Ti]. The Labute approximate surface area is 59.6 Å². The van der Waals surface area contributed by atoms with Crippen molar-refractivity contribution in [1.29, 1.82) is 0 Å². The largest absolute Gasteiger partial charge is 0.473 e. The molecule has 5 nitrogen and oxygen atoms in total. The van der Waals surface area contributed by atoms with Gasteiger partial charge in [0.2, 0.25) is 0 Å². The summed E-state index contributed by atoms with van der Waals surface area (Å²) in [4.78, 5) is 22.2. The van der Waals surface area contributed by atoms with Crippen LogP contribution in [-0.4, -0.2) is 17.0 Å². The summed E-state index contributed by atoms with van der Waals surface area (Å²) in [5, 5.41) is 7.63. The van der Waals surface area contributed by atoms with E-state index in [0.717, 1.165) is 0 Å². The van der Waals surface area contributed by atoms with E-state index in [4.69, 9.17) is 5.11 Å². The molecule has 0 unspecified atom stereocenters. The second kappa shape index (κ2) is 4.77. The summed E-state index contributed by atoms with van der Waals surface area (Å²) in [6.07, 6.45) is 0. The predicted molar refractivity (Wildman–Crippen MR) is 17.9 cm³/mol. The fraction of sp³-hybridized carbons (Fsp3) is 0. The molecule has 8 heavy (non-hydrogen) atoms. The van der Waals surface area contributed by atoms with Crippen molar-refractivity contribution in [3.63, 3.8) is 0 Å². The fourth-order valence-corrected chi connectivity index (χ4v) is 0.0504. The van der Waals surface area contributed by atoms with E-state index in [-0.39, 0.29) is 21.7 Å². The summed E-state index contributed by atoms with van der Waals surface area (Å²) < 4.78 is 0. The minimum atomic E-state index is -1.69. The molecular weight excluding hydrogens is 150 g/mol. The third-order valence-corrected chi connectivity index (χ3v) is 0.282. The monoisotopic (exact) mass is 153 g/mol. The first-order valence-electron chi connectivity index (χ1n) is 1.32. The van der Waals surface area contributed by atoms with Gasteiger partial charge in [-0.15, -0.1) is 0 Å². The molecule has 0 atom stereocenters. The van der Waals surface area contributed by atoms with Gasteiger partial charge in [-0.3, -0.25) is 0 Å². The van der Waals surface area contributed by atoms with Crippen LogP contribution >= 0.6 is 0 Å². The van der Waals surface area contributed by atoms with E-state index >= 15 is 0 Å².